The van der Waals surface area contributed by atoms with Crippen LogP contribution in [-0.2, 0) is 13.1 Å². The highest BCUT2D eigenvalue weighted by Crippen LogP contribution is 2.18. The summed E-state index contributed by atoms with van der Waals surface area (Å²) in [6, 6.07) is 0.358. The monoisotopic (exact) mass is 207 g/mol. The minimum atomic E-state index is -0.139. The van der Waals surface area contributed by atoms with E-state index in [2.05, 4.69) is 20.7 Å². The molecule has 2 aliphatic rings. The molecule has 1 aliphatic heterocycles. The molecule has 1 aromatic rings. The Balaban J connectivity index is 1.78. The highest BCUT2D eigenvalue weighted by Gasteiger charge is 2.26. The van der Waals surface area contributed by atoms with Gasteiger partial charge in [-0.2, -0.15) is 0 Å². The number of rotatable bonds is 2. The van der Waals surface area contributed by atoms with E-state index in [0.717, 1.165) is 31.8 Å². The number of amides is 1. The van der Waals surface area contributed by atoms with Crippen LogP contribution in [0.15, 0.2) is 0 Å². The van der Waals surface area contributed by atoms with Gasteiger partial charge in [-0.3, -0.25) is 4.79 Å². The van der Waals surface area contributed by atoms with Crippen molar-refractivity contribution in [3.8, 4) is 0 Å². The SMILES string of the molecule is O=C(NC1CC1)c1nc2n(n1)CCNC2. The average Bonchev–Trinajstić information content (AvgIpc) is 2.95. The maximum absolute atomic E-state index is 11.6. The summed E-state index contributed by atoms with van der Waals surface area (Å²) in [4.78, 5) is 15.9. The molecule has 6 nitrogen and oxygen atoms in total. The maximum atomic E-state index is 11.6. The Morgan fingerprint density at radius 3 is 3.13 bits per heavy atom. The van der Waals surface area contributed by atoms with Crippen LogP contribution in [0.2, 0.25) is 0 Å². The van der Waals surface area contributed by atoms with E-state index < -0.39 is 0 Å². The first kappa shape index (κ1) is 8.84. The summed E-state index contributed by atoms with van der Waals surface area (Å²) >= 11 is 0. The lowest BCUT2D eigenvalue weighted by molar-refractivity contribution is 0.0940. The van der Waals surface area contributed by atoms with Crippen molar-refractivity contribution in [2.45, 2.75) is 32.0 Å². The predicted molar refractivity (Wildman–Crippen MR) is 52.2 cm³/mol. The lowest BCUT2D eigenvalue weighted by Crippen LogP contribution is -2.28. The Kier molecular flexibility index (Phi) is 1.95. The first-order valence-electron chi connectivity index (χ1n) is 5.28. The second-order valence-electron chi connectivity index (χ2n) is 4.00. The molecule has 1 aromatic heterocycles. The lowest BCUT2D eigenvalue weighted by atomic mass is 10.4. The van der Waals surface area contributed by atoms with Crippen LogP contribution >= 0.6 is 0 Å². The van der Waals surface area contributed by atoms with Crippen molar-refractivity contribution < 1.29 is 4.79 Å². The summed E-state index contributed by atoms with van der Waals surface area (Å²) in [7, 11) is 0. The van der Waals surface area contributed by atoms with E-state index in [1.54, 1.807) is 4.68 Å². The molecule has 0 atom stereocenters. The lowest BCUT2D eigenvalue weighted by Gasteiger charge is -2.11. The highest BCUT2D eigenvalue weighted by atomic mass is 16.2. The zero-order chi connectivity index (χ0) is 10.3. The van der Waals surface area contributed by atoms with Gasteiger partial charge in [0.25, 0.3) is 5.91 Å². The van der Waals surface area contributed by atoms with Gasteiger partial charge in [-0.05, 0) is 12.8 Å². The number of nitrogens with zero attached hydrogens (tertiary/aromatic N) is 3. The Morgan fingerprint density at radius 2 is 2.40 bits per heavy atom. The third-order valence-corrected chi connectivity index (χ3v) is 2.65. The number of hydrogen-bond acceptors (Lipinski definition) is 4. The molecule has 6 heteroatoms. The molecule has 0 spiro atoms. The van der Waals surface area contributed by atoms with Crippen LogP contribution in [0.4, 0.5) is 0 Å². The quantitative estimate of drug-likeness (QED) is 0.671. The number of carbonyl (C=O) groups is 1. The van der Waals surface area contributed by atoms with Gasteiger partial charge in [-0.25, -0.2) is 9.67 Å². The molecule has 2 N–H and O–H groups in total. The van der Waals surface area contributed by atoms with Crippen LogP contribution in [0.5, 0.6) is 0 Å². The Morgan fingerprint density at radius 1 is 1.53 bits per heavy atom. The second kappa shape index (κ2) is 3.30. The number of hydrogen-bond donors (Lipinski definition) is 2. The first-order chi connectivity index (χ1) is 7.33. The molecular formula is C9H13N5O. The fourth-order valence-corrected chi connectivity index (χ4v) is 1.64. The van der Waals surface area contributed by atoms with Gasteiger partial charge in [0.05, 0.1) is 13.1 Å². The Labute approximate surface area is 87.1 Å². The van der Waals surface area contributed by atoms with E-state index in [4.69, 9.17) is 0 Å². The van der Waals surface area contributed by atoms with Gasteiger partial charge in [0, 0.05) is 12.6 Å². The number of fused-ring (bicyclic) bond motifs is 1. The van der Waals surface area contributed by atoms with Gasteiger partial charge in [-0.15, -0.1) is 5.10 Å². The molecule has 1 fully saturated rings. The van der Waals surface area contributed by atoms with E-state index in [1.807, 2.05) is 0 Å². The summed E-state index contributed by atoms with van der Waals surface area (Å²) < 4.78 is 1.80. The van der Waals surface area contributed by atoms with Crippen molar-refractivity contribution in [3.63, 3.8) is 0 Å². The van der Waals surface area contributed by atoms with Gasteiger partial charge >= 0.3 is 0 Å². The van der Waals surface area contributed by atoms with E-state index in [-0.39, 0.29) is 5.91 Å². The van der Waals surface area contributed by atoms with Crippen molar-refractivity contribution >= 4 is 5.91 Å². The molecule has 0 aromatic carbocycles. The van der Waals surface area contributed by atoms with Crippen LogP contribution in [0.1, 0.15) is 29.3 Å². The summed E-state index contributed by atoms with van der Waals surface area (Å²) in [5.74, 6) is 1.02. The first-order valence-corrected chi connectivity index (χ1v) is 5.28. The van der Waals surface area contributed by atoms with Crippen molar-refractivity contribution in [2.75, 3.05) is 6.54 Å². The fraction of sp³-hybridized carbons (Fsp3) is 0.667. The van der Waals surface area contributed by atoms with Gasteiger partial charge in [0.1, 0.15) is 5.82 Å². The maximum Gasteiger partial charge on any atom is 0.291 e. The van der Waals surface area contributed by atoms with Crippen LogP contribution in [-0.4, -0.2) is 33.3 Å². The minimum Gasteiger partial charge on any atom is -0.347 e. The molecular weight excluding hydrogens is 194 g/mol. The van der Waals surface area contributed by atoms with Gasteiger partial charge in [0.15, 0.2) is 0 Å². The van der Waals surface area contributed by atoms with Gasteiger partial charge in [0.2, 0.25) is 5.82 Å². The molecule has 1 aliphatic carbocycles. The molecule has 3 rings (SSSR count). The third-order valence-electron chi connectivity index (χ3n) is 2.65. The van der Waals surface area contributed by atoms with Crippen LogP contribution in [0, 0.1) is 0 Å². The minimum absolute atomic E-state index is 0.139. The van der Waals surface area contributed by atoms with Crippen LogP contribution in [0.25, 0.3) is 0 Å². The summed E-state index contributed by atoms with van der Waals surface area (Å²) in [5, 5.41) is 10.3. The Bertz CT molecular complexity index is 372. The number of carbonyl (C=O) groups excluding carboxylic acids is 1. The standard InChI is InChI=1S/C9H13N5O/c15-9(11-6-1-2-6)8-12-7-5-10-3-4-14(7)13-8/h6,10H,1-5H2,(H,11,15). The van der Waals surface area contributed by atoms with Crippen molar-refractivity contribution in [3.05, 3.63) is 11.6 Å². The van der Waals surface area contributed by atoms with E-state index in [9.17, 15) is 4.79 Å². The normalized spacial score (nSPS) is 19.7. The molecule has 0 radical (unpaired) electrons. The van der Waals surface area contributed by atoms with E-state index in [0.29, 0.717) is 18.4 Å². The molecule has 0 saturated heterocycles. The molecule has 80 valence electrons. The molecule has 0 unspecified atom stereocenters. The molecule has 15 heavy (non-hydrogen) atoms. The number of aromatic nitrogens is 3. The number of nitrogens with one attached hydrogen (secondary N) is 2. The molecule has 1 saturated carbocycles. The van der Waals surface area contributed by atoms with Gasteiger partial charge in [-0.1, -0.05) is 0 Å². The molecule has 0 bridgehead atoms. The summed E-state index contributed by atoms with van der Waals surface area (Å²) in [5.41, 5.74) is 0. The van der Waals surface area contributed by atoms with Gasteiger partial charge < -0.3 is 10.6 Å². The molecule has 2 heterocycles. The zero-order valence-corrected chi connectivity index (χ0v) is 8.36. The largest absolute Gasteiger partial charge is 0.347 e. The van der Waals surface area contributed by atoms with Crippen LogP contribution in [0.3, 0.4) is 0 Å². The second-order valence-corrected chi connectivity index (χ2v) is 4.00. The zero-order valence-electron chi connectivity index (χ0n) is 8.36. The average molecular weight is 207 g/mol. The van der Waals surface area contributed by atoms with Crippen molar-refractivity contribution in [1.29, 1.82) is 0 Å². The smallest absolute Gasteiger partial charge is 0.291 e. The van der Waals surface area contributed by atoms with Crippen molar-refractivity contribution in [1.82, 2.24) is 25.4 Å². The Hall–Kier alpha value is -1.43. The predicted octanol–water partition coefficient (Wildman–Crippen LogP) is -0.726. The van der Waals surface area contributed by atoms with E-state index in [1.165, 1.54) is 0 Å². The third kappa shape index (κ3) is 1.72. The topological polar surface area (TPSA) is 71.8 Å². The van der Waals surface area contributed by atoms with Crippen molar-refractivity contribution in [2.24, 2.45) is 0 Å². The summed E-state index contributed by atoms with van der Waals surface area (Å²) in [6.45, 7) is 2.38. The summed E-state index contributed by atoms with van der Waals surface area (Å²) in [6.07, 6.45) is 2.17. The highest BCUT2D eigenvalue weighted by molar-refractivity contribution is 5.90. The fourth-order valence-electron chi connectivity index (χ4n) is 1.64. The van der Waals surface area contributed by atoms with Crippen LogP contribution < -0.4 is 10.6 Å². The van der Waals surface area contributed by atoms with E-state index >= 15 is 0 Å². The molecule has 1 amide bonds.